The summed E-state index contributed by atoms with van der Waals surface area (Å²) in [6, 6.07) is 12.5. The summed E-state index contributed by atoms with van der Waals surface area (Å²) in [5.74, 6) is -0.545. The van der Waals surface area contributed by atoms with E-state index in [1.807, 2.05) is 12.1 Å². The van der Waals surface area contributed by atoms with Crippen molar-refractivity contribution in [3.8, 4) is 11.3 Å². The summed E-state index contributed by atoms with van der Waals surface area (Å²) in [6.07, 6.45) is 4.48. The van der Waals surface area contributed by atoms with Gasteiger partial charge in [-0.2, -0.15) is 5.10 Å². The number of carbonyl (C=O) groups excluding carboxylic acids is 1. The minimum Gasteiger partial charge on any atom is -0.342 e. The number of nitrogens with one attached hydrogen (secondary N) is 1. The van der Waals surface area contributed by atoms with E-state index in [1.165, 1.54) is 30.3 Å². The lowest BCUT2D eigenvalue weighted by Crippen LogP contribution is -2.28. The first-order valence-corrected chi connectivity index (χ1v) is 12.5. The summed E-state index contributed by atoms with van der Waals surface area (Å²) >= 11 is 5.95. The van der Waals surface area contributed by atoms with Crippen molar-refractivity contribution < 1.29 is 17.6 Å². The molecule has 0 spiro atoms. The maximum atomic E-state index is 13.4. The van der Waals surface area contributed by atoms with Crippen LogP contribution < -0.4 is 0 Å². The Hall–Kier alpha value is -2.71. The topological polar surface area (TPSA) is 83.1 Å². The Kier molecular flexibility index (Phi) is 7.69. The number of H-pyrrole nitrogens is 1. The number of aryl methyl sites for hydroxylation is 1. The van der Waals surface area contributed by atoms with Crippen LogP contribution in [0.2, 0.25) is 5.02 Å². The molecule has 6 nitrogen and oxygen atoms in total. The predicted octanol–water partition coefficient (Wildman–Crippen LogP) is 4.76. The fourth-order valence-electron chi connectivity index (χ4n) is 3.37. The zero-order valence-electron chi connectivity index (χ0n) is 17.9. The molecule has 0 saturated heterocycles. The number of amides is 1. The molecule has 0 unspecified atom stereocenters. The molecule has 3 rings (SSSR count). The molecule has 0 radical (unpaired) electrons. The molecule has 1 amide bonds. The number of carbonyl (C=O) groups is 1. The quantitative estimate of drug-likeness (QED) is 0.450. The summed E-state index contributed by atoms with van der Waals surface area (Å²) < 4.78 is 37.0. The van der Waals surface area contributed by atoms with Gasteiger partial charge in [-0.05, 0) is 55.7 Å². The van der Waals surface area contributed by atoms with Gasteiger partial charge in [0.15, 0.2) is 9.84 Å². The van der Waals surface area contributed by atoms with Gasteiger partial charge in [0.2, 0.25) is 0 Å². The van der Waals surface area contributed by atoms with E-state index in [-0.39, 0.29) is 21.6 Å². The molecule has 0 aliphatic rings. The van der Waals surface area contributed by atoms with Gasteiger partial charge in [0.05, 0.1) is 15.6 Å². The van der Waals surface area contributed by atoms with Crippen molar-refractivity contribution >= 4 is 27.3 Å². The molecule has 1 N–H and O–H groups in total. The number of nitrogens with zero attached hydrogens (tertiary/aromatic N) is 2. The lowest BCUT2D eigenvalue weighted by Gasteiger charge is -2.17. The number of unbranched alkanes of at least 4 members (excludes halogenated alkanes) is 2. The summed E-state index contributed by atoms with van der Waals surface area (Å²) in [5, 5.41) is 7.34. The number of aromatic amines is 1. The summed E-state index contributed by atoms with van der Waals surface area (Å²) in [5.41, 5.74) is 2.71. The number of hydrogen-bond acceptors (Lipinski definition) is 4. The molecule has 9 heteroatoms. The third-order valence-electron chi connectivity index (χ3n) is 5.12. The normalized spacial score (nSPS) is 11.5. The molecular weight excluding hydrogens is 453 g/mol. The van der Waals surface area contributed by atoms with Crippen molar-refractivity contribution in [1.29, 1.82) is 0 Å². The van der Waals surface area contributed by atoms with Crippen LogP contribution in [0.4, 0.5) is 4.39 Å². The number of benzene rings is 2. The average Bonchev–Trinajstić information content (AvgIpc) is 3.21. The van der Waals surface area contributed by atoms with E-state index in [1.54, 1.807) is 18.0 Å². The van der Waals surface area contributed by atoms with Crippen LogP contribution >= 0.6 is 11.6 Å². The van der Waals surface area contributed by atoms with E-state index in [0.29, 0.717) is 17.8 Å². The van der Waals surface area contributed by atoms with E-state index < -0.39 is 9.84 Å². The van der Waals surface area contributed by atoms with Crippen LogP contribution in [0.15, 0.2) is 53.4 Å². The highest BCUT2D eigenvalue weighted by Gasteiger charge is 2.18. The third-order valence-corrected chi connectivity index (χ3v) is 6.69. The molecule has 0 aliphatic carbocycles. The zero-order valence-corrected chi connectivity index (χ0v) is 19.5. The van der Waals surface area contributed by atoms with Gasteiger partial charge < -0.3 is 4.90 Å². The predicted molar refractivity (Wildman–Crippen MR) is 123 cm³/mol. The minimum absolute atomic E-state index is 0.0458. The maximum Gasteiger partial charge on any atom is 0.253 e. The molecule has 1 heterocycles. The van der Waals surface area contributed by atoms with Crippen LogP contribution in [0.1, 0.15) is 35.3 Å². The third kappa shape index (κ3) is 6.17. The molecule has 0 bridgehead atoms. The molecular formula is C23H25ClFN3O3S. The van der Waals surface area contributed by atoms with Gasteiger partial charge in [0.25, 0.3) is 5.91 Å². The van der Waals surface area contributed by atoms with Gasteiger partial charge in [0, 0.05) is 36.7 Å². The lowest BCUT2D eigenvalue weighted by atomic mass is 10.1. The standard InChI is InChI=1S/C23H25ClFN3O3S/c1-28(23(29)17-10-11-20(24)22(14-17)32(2,30)31)12-5-3-4-9-19-15-21(27-26-19)16-7-6-8-18(25)13-16/h6-8,10-11,13-15H,3-5,9,12H2,1-2H3,(H,26,27). The molecule has 0 atom stereocenters. The minimum atomic E-state index is -3.51. The van der Waals surface area contributed by atoms with Gasteiger partial charge in [-0.15, -0.1) is 0 Å². The Labute approximate surface area is 192 Å². The van der Waals surface area contributed by atoms with Crippen molar-refractivity contribution in [1.82, 2.24) is 15.1 Å². The van der Waals surface area contributed by atoms with Gasteiger partial charge in [-0.3, -0.25) is 9.89 Å². The highest BCUT2D eigenvalue weighted by Crippen LogP contribution is 2.23. The summed E-state index contributed by atoms with van der Waals surface area (Å²) in [4.78, 5) is 14.2. The molecule has 1 aromatic heterocycles. The van der Waals surface area contributed by atoms with E-state index in [9.17, 15) is 17.6 Å². The highest BCUT2D eigenvalue weighted by molar-refractivity contribution is 7.90. The van der Waals surface area contributed by atoms with Crippen molar-refractivity contribution in [2.75, 3.05) is 19.8 Å². The van der Waals surface area contributed by atoms with Crippen molar-refractivity contribution in [3.63, 3.8) is 0 Å². The molecule has 3 aromatic rings. The van der Waals surface area contributed by atoms with Gasteiger partial charge in [0.1, 0.15) is 5.82 Å². The van der Waals surface area contributed by atoms with E-state index in [0.717, 1.165) is 43.2 Å². The first-order valence-electron chi connectivity index (χ1n) is 10.2. The second-order valence-corrected chi connectivity index (χ2v) is 10.1. The maximum absolute atomic E-state index is 13.4. The largest absolute Gasteiger partial charge is 0.342 e. The number of halogens is 2. The molecule has 170 valence electrons. The van der Waals surface area contributed by atoms with E-state index in [2.05, 4.69) is 10.2 Å². The fraction of sp³-hybridized carbons (Fsp3) is 0.304. The van der Waals surface area contributed by atoms with Crippen molar-refractivity contribution in [2.24, 2.45) is 0 Å². The van der Waals surface area contributed by atoms with Crippen LogP contribution in [0.5, 0.6) is 0 Å². The SMILES string of the molecule is CN(CCCCCc1cc(-c2cccc(F)c2)n[nH]1)C(=O)c1ccc(Cl)c(S(C)(=O)=O)c1. The number of aromatic nitrogens is 2. The van der Waals surface area contributed by atoms with Crippen molar-refractivity contribution in [2.45, 2.75) is 30.6 Å². The molecule has 0 saturated carbocycles. The van der Waals surface area contributed by atoms with Crippen molar-refractivity contribution in [3.05, 3.63) is 70.6 Å². The Morgan fingerprint density at radius 1 is 1.12 bits per heavy atom. The zero-order chi connectivity index (χ0) is 23.3. The Bertz CT molecular complexity index is 1210. The smallest absolute Gasteiger partial charge is 0.253 e. The number of hydrogen-bond donors (Lipinski definition) is 1. The Morgan fingerprint density at radius 2 is 1.91 bits per heavy atom. The summed E-state index contributed by atoms with van der Waals surface area (Å²) in [6.45, 7) is 0.549. The Morgan fingerprint density at radius 3 is 2.62 bits per heavy atom. The first kappa shape index (κ1) is 23.9. The monoisotopic (exact) mass is 477 g/mol. The average molecular weight is 478 g/mol. The van der Waals surface area contributed by atoms with Crippen LogP contribution in [-0.4, -0.2) is 49.3 Å². The van der Waals surface area contributed by atoms with Gasteiger partial charge in [-0.1, -0.05) is 30.2 Å². The van der Waals surface area contributed by atoms with E-state index >= 15 is 0 Å². The number of sulfone groups is 1. The first-order chi connectivity index (χ1) is 15.1. The fourth-order valence-corrected chi connectivity index (χ4v) is 4.67. The second-order valence-electron chi connectivity index (χ2n) is 7.74. The van der Waals surface area contributed by atoms with Gasteiger partial charge >= 0.3 is 0 Å². The van der Waals surface area contributed by atoms with Crippen LogP contribution in [-0.2, 0) is 16.3 Å². The highest BCUT2D eigenvalue weighted by atomic mass is 35.5. The Balaban J connectivity index is 1.47. The second kappa shape index (κ2) is 10.3. The number of rotatable bonds is 9. The van der Waals surface area contributed by atoms with Crippen LogP contribution in [0.25, 0.3) is 11.3 Å². The molecule has 32 heavy (non-hydrogen) atoms. The van der Waals surface area contributed by atoms with Gasteiger partial charge in [-0.25, -0.2) is 12.8 Å². The molecule has 0 fully saturated rings. The van der Waals surface area contributed by atoms with E-state index in [4.69, 9.17) is 11.6 Å². The molecule has 0 aliphatic heterocycles. The lowest BCUT2D eigenvalue weighted by molar-refractivity contribution is 0.0792. The van der Waals surface area contributed by atoms with Crippen LogP contribution in [0.3, 0.4) is 0 Å². The molecule has 2 aromatic carbocycles. The summed E-state index contributed by atoms with van der Waals surface area (Å²) in [7, 11) is -1.82. The van der Waals surface area contributed by atoms with Crippen LogP contribution in [0, 0.1) is 5.82 Å².